The topological polar surface area (TPSA) is 55.6 Å². The number of ether oxygens (including phenoxy) is 1. The van der Waals surface area contributed by atoms with Crippen LogP contribution in [0.2, 0.25) is 0 Å². The molecule has 0 fully saturated rings. The van der Waals surface area contributed by atoms with Crippen LogP contribution in [0.25, 0.3) is 0 Å². The van der Waals surface area contributed by atoms with Crippen LogP contribution in [0.15, 0.2) is 36.4 Å². The normalized spacial score (nSPS) is 13.5. The molecule has 0 aromatic heterocycles. The third-order valence-corrected chi connectivity index (χ3v) is 3.63. The molecule has 0 unspecified atom stereocenters. The molecule has 1 amide bonds. The van der Waals surface area contributed by atoms with Crippen molar-refractivity contribution < 1.29 is 9.53 Å². The Hall–Kier alpha value is -2.49. The number of rotatable bonds is 2. The molecule has 0 bridgehead atoms. The fourth-order valence-electron chi connectivity index (χ4n) is 2.56. The van der Waals surface area contributed by atoms with Gasteiger partial charge >= 0.3 is 0 Å². The van der Waals surface area contributed by atoms with E-state index in [1.54, 1.807) is 12.0 Å². The van der Waals surface area contributed by atoms with Crippen LogP contribution in [0.4, 0.5) is 11.4 Å². The lowest BCUT2D eigenvalue weighted by molar-refractivity contribution is 0.0996. The molecule has 0 radical (unpaired) electrons. The summed E-state index contributed by atoms with van der Waals surface area (Å²) in [5.74, 6) is 0.659. The number of hydrogen-bond donors (Lipinski definition) is 1. The molecule has 0 atom stereocenters. The summed E-state index contributed by atoms with van der Waals surface area (Å²) in [6.45, 7) is 2.48. The van der Waals surface area contributed by atoms with E-state index in [4.69, 9.17) is 10.5 Å². The molecule has 4 heteroatoms. The van der Waals surface area contributed by atoms with Crippen molar-refractivity contribution in [2.45, 2.75) is 13.5 Å². The van der Waals surface area contributed by atoms with E-state index in [0.717, 1.165) is 16.8 Å². The van der Waals surface area contributed by atoms with Crippen molar-refractivity contribution in [1.29, 1.82) is 0 Å². The van der Waals surface area contributed by atoms with Gasteiger partial charge in [-0.3, -0.25) is 4.79 Å². The Labute approximate surface area is 117 Å². The van der Waals surface area contributed by atoms with Gasteiger partial charge in [0.15, 0.2) is 0 Å². The number of nitrogen functional groups attached to an aromatic ring is 1. The first kappa shape index (κ1) is 12.5. The predicted octanol–water partition coefficient (Wildman–Crippen LogP) is 2.75. The molecule has 2 N–H and O–H groups in total. The van der Waals surface area contributed by atoms with Gasteiger partial charge in [0, 0.05) is 16.8 Å². The molecular weight excluding hydrogens is 252 g/mol. The minimum absolute atomic E-state index is 0.0313. The molecule has 2 aromatic carbocycles. The monoisotopic (exact) mass is 268 g/mol. The second kappa shape index (κ2) is 4.56. The first-order valence-electron chi connectivity index (χ1n) is 6.45. The first-order valence-corrected chi connectivity index (χ1v) is 6.45. The summed E-state index contributed by atoms with van der Waals surface area (Å²) in [5, 5.41) is 0. The Morgan fingerprint density at radius 1 is 1.25 bits per heavy atom. The van der Waals surface area contributed by atoms with Gasteiger partial charge in [0.05, 0.1) is 19.3 Å². The van der Waals surface area contributed by atoms with E-state index in [9.17, 15) is 4.79 Å². The summed E-state index contributed by atoms with van der Waals surface area (Å²) >= 11 is 0. The smallest absolute Gasteiger partial charge is 0.259 e. The molecular formula is C16H16N2O2. The maximum atomic E-state index is 12.5. The zero-order chi connectivity index (χ0) is 14.3. The Kier molecular flexibility index (Phi) is 2.86. The van der Waals surface area contributed by atoms with E-state index in [1.165, 1.54) is 0 Å². The minimum atomic E-state index is -0.0313. The van der Waals surface area contributed by atoms with Gasteiger partial charge in [-0.25, -0.2) is 0 Å². The van der Waals surface area contributed by atoms with Crippen LogP contribution in [0, 0.1) is 6.92 Å². The summed E-state index contributed by atoms with van der Waals surface area (Å²) in [4.78, 5) is 14.3. The molecule has 102 valence electrons. The van der Waals surface area contributed by atoms with Crippen molar-refractivity contribution in [3.63, 3.8) is 0 Å². The fourth-order valence-corrected chi connectivity index (χ4v) is 2.56. The summed E-state index contributed by atoms with van der Waals surface area (Å²) in [5.41, 5.74) is 10.1. The lowest BCUT2D eigenvalue weighted by Gasteiger charge is -2.19. The third kappa shape index (κ3) is 1.81. The number of nitrogens with zero attached hydrogens (tertiary/aromatic N) is 1. The van der Waals surface area contributed by atoms with Gasteiger partial charge in [-0.1, -0.05) is 12.1 Å². The van der Waals surface area contributed by atoms with Crippen molar-refractivity contribution in [1.82, 2.24) is 0 Å². The van der Waals surface area contributed by atoms with Gasteiger partial charge in [-0.05, 0) is 36.8 Å². The number of carbonyl (C=O) groups excluding carboxylic acids is 1. The average Bonchev–Trinajstić information content (AvgIpc) is 2.78. The van der Waals surface area contributed by atoms with Crippen LogP contribution < -0.4 is 15.4 Å². The zero-order valence-corrected chi connectivity index (χ0v) is 11.5. The summed E-state index contributed by atoms with van der Waals surface area (Å²) in [6, 6.07) is 11.2. The molecule has 1 aliphatic rings. The number of methoxy groups -OCH3 is 1. The SMILES string of the molecule is COc1ccc(C)cc1N1Cc2c(N)cccc2C1=O. The highest BCUT2D eigenvalue weighted by Gasteiger charge is 2.31. The van der Waals surface area contributed by atoms with Gasteiger partial charge in [0.1, 0.15) is 5.75 Å². The number of benzene rings is 2. The van der Waals surface area contributed by atoms with Gasteiger partial charge in [-0.2, -0.15) is 0 Å². The summed E-state index contributed by atoms with van der Waals surface area (Å²) < 4.78 is 5.37. The van der Waals surface area contributed by atoms with Crippen molar-refractivity contribution in [2.24, 2.45) is 0 Å². The molecule has 1 aliphatic heterocycles. The first-order chi connectivity index (χ1) is 9.61. The predicted molar refractivity (Wildman–Crippen MR) is 79.1 cm³/mol. The number of carbonyl (C=O) groups is 1. The number of hydrogen-bond acceptors (Lipinski definition) is 3. The van der Waals surface area contributed by atoms with Crippen molar-refractivity contribution in [3.8, 4) is 5.75 Å². The second-order valence-electron chi connectivity index (χ2n) is 4.94. The lowest BCUT2D eigenvalue weighted by atomic mass is 10.1. The molecule has 3 rings (SSSR count). The molecule has 0 spiro atoms. The van der Waals surface area contributed by atoms with E-state index < -0.39 is 0 Å². The van der Waals surface area contributed by atoms with E-state index in [-0.39, 0.29) is 5.91 Å². The van der Waals surface area contributed by atoms with Crippen LogP contribution >= 0.6 is 0 Å². The van der Waals surface area contributed by atoms with Gasteiger partial charge < -0.3 is 15.4 Å². The van der Waals surface area contributed by atoms with Crippen molar-refractivity contribution >= 4 is 17.3 Å². The molecule has 0 aliphatic carbocycles. The van der Waals surface area contributed by atoms with Gasteiger partial charge in [-0.15, -0.1) is 0 Å². The molecule has 0 saturated carbocycles. The zero-order valence-electron chi connectivity index (χ0n) is 11.5. The van der Waals surface area contributed by atoms with Crippen molar-refractivity contribution in [3.05, 3.63) is 53.1 Å². The highest BCUT2D eigenvalue weighted by atomic mass is 16.5. The summed E-state index contributed by atoms with van der Waals surface area (Å²) in [7, 11) is 1.61. The van der Waals surface area contributed by atoms with Crippen LogP contribution in [0.3, 0.4) is 0 Å². The van der Waals surface area contributed by atoms with Crippen LogP contribution in [-0.2, 0) is 6.54 Å². The minimum Gasteiger partial charge on any atom is -0.495 e. The molecule has 4 nitrogen and oxygen atoms in total. The van der Waals surface area contributed by atoms with E-state index in [1.807, 2.05) is 43.3 Å². The van der Waals surface area contributed by atoms with E-state index in [2.05, 4.69) is 0 Å². The van der Waals surface area contributed by atoms with Gasteiger partial charge in [0.2, 0.25) is 0 Å². The Balaban J connectivity index is 2.09. The fraction of sp³-hybridized carbons (Fsp3) is 0.188. The number of amides is 1. The highest BCUT2D eigenvalue weighted by Crippen LogP contribution is 2.36. The lowest BCUT2D eigenvalue weighted by Crippen LogP contribution is -2.23. The molecule has 20 heavy (non-hydrogen) atoms. The van der Waals surface area contributed by atoms with Gasteiger partial charge in [0.25, 0.3) is 5.91 Å². The maximum absolute atomic E-state index is 12.5. The Bertz CT molecular complexity index is 695. The van der Waals surface area contributed by atoms with Crippen molar-refractivity contribution in [2.75, 3.05) is 17.7 Å². The van der Waals surface area contributed by atoms with Crippen LogP contribution in [0.5, 0.6) is 5.75 Å². The number of anilines is 2. The quantitative estimate of drug-likeness (QED) is 0.852. The third-order valence-electron chi connectivity index (χ3n) is 3.63. The van der Waals surface area contributed by atoms with E-state index >= 15 is 0 Å². The second-order valence-corrected chi connectivity index (χ2v) is 4.94. The number of aryl methyl sites for hydroxylation is 1. The molecule has 1 heterocycles. The molecule has 0 saturated heterocycles. The Morgan fingerprint density at radius 2 is 2.05 bits per heavy atom. The number of nitrogens with two attached hydrogens (primary N) is 1. The summed E-state index contributed by atoms with van der Waals surface area (Å²) in [6.07, 6.45) is 0. The number of fused-ring (bicyclic) bond motifs is 1. The van der Waals surface area contributed by atoms with Crippen LogP contribution in [0.1, 0.15) is 21.5 Å². The Morgan fingerprint density at radius 3 is 2.75 bits per heavy atom. The van der Waals surface area contributed by atoms with Crippen LogP contribution in [-0.4, -0.2) is 13.0 Å². The standard InChI is InChI=1S/C16H16N2O2/c1-10-6-7-15(20-2)14(8-10)18-9-12-11(16(18)19)4-3-5-13(12)17/h3-8H,9,17H2,1-2H3. The largest absolute Gasteiger partial charge is 0.495 e. The molecule has 2 aromatic rings. The van der Waals surface area contributed by atoms with E-state index in [0.29, 0.717) is 23.5 Å². The average molecular weight is 268 g/mol. The highest BCUT2D eigenvalue weighted by molar-refractivity contribution is 6.11. The maximum Gasteiger partial charge on any atom is 0.259 e.